The summed E-state index contributed by atoms with van der Waals surface area (Å²) in [4.78, 5) is 16.8. The molecule has 0 unspecified atom stereocenters. The molecule has 6 nitrogen and oxygen atoms in total. The van der Waals surface area contributed by atoms with Crippen LogP contribution in [0, 0.1) is 0 Å². The summed E-state index contributed by atoms with van der Waals surface area (Å²) in [6.45, 7) is 4.85. The van der Waals surface area contributed by atoms with E-state index in [1.807, 2.05) is 23.6 Å². The summed E-state index contributed by atoms with van der Waals surface area (Å²) in [6, 6.07) is 4.21. The topological polar surface area (TPSA) is 72.7 Å². The van der Waals surface area contributed by atoms with Gasteiger partial charge in [-0.1, -0.05) is 31.5 Å². The maximum atomic E-state index is 12.6. The number of hydrogen-bond donors (Lipinski definition) is 1. The van der Waals surface area contributed by atoms with Crippen LogP contribution in [-0.2, 0) is 11.3 Å². The molecule has 0 spiro atoms. The van der Waals surface area contributed by atoms with Crippen LogP contribution in [0.4, 0.5) is 0 Å². The van der Waals surface area contributed by atoms with Gasteiger partial charge >= 0.3 is 0 Å². The van der Waals surface area contributed by atoms with Crippen molar-refractivity contribution < 1.29 is 4.79 Å². The number of hydrogen-bond acceptors (Lipinski definition) is 5. The van der Waals surface area contributed by atoms with Crippen molar-refractivity contribution in [1.82, 2.24) is 25.1 Å². The van der Waals surface area contributed by atoms with E-state index in [1.54, 1.807) is 12.4 Å². The first-order valence-corrected chi connectivity index (χ1v) is 9.91. The van der Waals surface area contributed by atoms with Gasteiger partial charge in [-0.3, -0.25) is 9.78 Å². The molecule has 7 heteroatoms. The predicted octanol–water partition coefficient (Wildman–Crippen LogP) is 3.29. The van der Waals surface area contributed by atoms with Gasteiger partial charge in [0.15, 0.2) is 11.0 Å². The average molecular weight is 359 g/mol. The van der Waals surface area contributed by atoms with Crippen molar-refractivity contribution in [3.63, 3.8) is 0 Å². The number of nitrogens with zero attached hydrogens (tertiary/aromatic N) is 4. The molecule has 1 aliphatic rings. The Labute approximate surface area is 152 Å². The molecule has 2 aromatic heterocycles. The Morgan fingerprint density at radius 1 is 1.36 bits per heavy atom. The van der Waals surface area contributed by atoms with Crippen LogP contribution >= 0.6 is 11.8 Å². The maximum Gasteiger partial charge on any atom is 0.233 e. The maximum absolute atomic E-state index is 12.6. The van der Waals surface area contributed by atoms with Gasteiger partial charge < -0.3 is 9.88 Å². The van der Waals surface area contributed by atoms with Crippen LogP contribution < -0.4 is 5.32 Å². The third kappa shape index (κ3) is 4.21. The van der Waals surface area contributed by atoms with Crippen molar-refractivity contribution in [3.05, 3.63) is 24.5 Å². The molecule has 1 fully saturated rings. The Hall–Kier alpha value is -1.89. The summed E-state index contributed by atoms with van der Waals surface area (Å²) in [7, 11) is 0. The van der Waals surface area contributed by atoms with Crippen LogP contribution in [0.15, 0.2) is 29.7 Å². The van der Waals surface area contributed by atoms with Crippen LogP contribution in [0.1, 0.15) is 46.0 Å². The number of carbonyl (C=O) groups is 1. The molecular formula is C18H25N5OS. The molecule has 134 valence electrons. The molecular weight excluding hydrogens is 334 g/mol. The Morgan fingerprint density at radius 2 is 2.16 bits per heavy atom. The molecule has 2 heterocycles. The van der Waals surface area contributed by atoms with Gasteiger partial charge in [0.1, 0.15) is 0 Å². The van der Waals surface area contributed by atoms with Crippen LogP contribution in [0.25, 0.3) is 11.4 Å². The van der Waals surface area contributed by atoms with E-state index in [2.05, 4.69) is 27.4 Å². The Bertz CT molecular complexity index is 697. The lowest BCUT2D eigenvalue weighted by Crippen LogP contribution is -2.38. The largest absolute Gasteiger partial charge is 0.352 e. The van der Waals surface area contributed by atoms with Gasteiger partial charge in [0.2, 0.25) is 5.91 Å². The van der Waals surface area contributed by atoms with Gasteiger partial charge in [-0.25, -0.2) is 0 Å². The van der Waals surface area contributed by atoms with Crippen molar-refractivity contribution >= 4 is 17.7 Å². The number of carbonyl (C=O) groups excluding carboxylic acids is 1. The second-order valence-electron chi connectivity index (χ2n) is 6.30. The fraction of sp³-hybridized carbons (Fsp3) is 0.556. The zero-order chi connectivity index (χ0) is 17.6. The summed E-state index contributed by atoms with van der Waals surface area (Å²) >= 11 is 1.50. The normalized spacial score (nSPS) is 16.1. The number of rotatable bonds is 7. The summed E-state index contributed by atoms with van der Waals surface area (Å²) in [5.41, 5.74) is 0.937. The fourth-order valence-electron chi connectivity index (χ4n) is 3.18. The molecule has 1 saturated carbocycles. The molecule has 1 aliphatic carbocycles. The Morgan fingerprint density at radius 3 is 2.80 bits per heavy atom. The van der Waals surface area contributed by atoms with Gasteiger partial charge in [-0.2, -0.15) is 0 Å². The highest BCUT2D eigenvalue weighted by Crippen LogP contribution is 2.28. The van der Waals surface area contributed by atoms with Gasteiger partial charge in [-0.05, 0) is 38.3 Å². The second-order valence-corrected chi connectivity index (χ2v) is 7.47. The van der Waals surface area contributed by atoms with E-state index in [9.17, 15) is 4.79 Å². The summed E-state index contributed by atoms with van der Waals surface area (Å²) < 4.78 is 2.05. The van der Waals surface area contributed by atoms with Gasteiger partial charge in [0, 0.05) is 30.5 Å². The van der Waals surface area contributed by atoms with Gasteiger partial charge in [0.25, 0.3) is 0 Å². The van der Waals surface area contributed by atoms with Crippen LogP contribution in [0.5, 0.6) is 0 Å². The number of nitrogens with one attached hydrogen (secondary N) is 1. The van der Waals surface area contributed by atoms with Crippen LogP contribution in [0.2, 0.25) is 0 Å². The highest BCUT2D eigenvalue weighted by molar-refractivity contribution is 8.00. The Balaban J connectivity index is 1.74. The molecule has 1 N–H and O–H groups in total. The SMILES string of the molecule is CC[C@H](Sc1nnc(-c2cccnc2)n1CC)C(=O)NC1CCCC1. The molecule has 1 atom stereocenters. The standard InChI is InChI=1S/C18H25N5OS/c1-3-15(17(24)20-14-9-5-6-10-14)25-18-22-21-16(23(18)4-2)13-8-7-11-19-12-13/h7-8,11-12,14-15H,3-6,9-10H2,1-2H3,(H,20,24)/t15-/m0/s1. The molecule has 2 aromatic rings. The minimum absolute atomic E-state index is 0.119. The predicted molar refractivity (Wildman–Crippen MR) is 99.3 cm³/mol. The third-order valence-corrected chi connectivity index (χ3v) is 5.91. The van der Waals surface area contributed by atoms with E-state index in [0.29, 0.717) is 6.04 Å². The Kier molecular flexibility index (Phi) is 6.07. The molecule has 3 rings (SSSR count). The van der Waals surface area contributed by atoms with Crippen molar-refractivity contribution in [2.75, 3.05) is 0 Å². The van der Waals surface area contributed by atoms with Crippen molar-refractivity contribution in [1.29, 1.82) is 0 Å². The minimum Gasteiger partial charge on any atom is -0.352 e. The van der Waals surface area contributed by atoms with E-state index in [4.69, 9.17) is 0 Å². The first-order chi connectivity index (χ1) is 12.2. The lowest BCUT2D eigenvalue weighted by molar-refractivity contribution is -0.121. The number of aromatic nitrogens is 4. The monoisotopic (exact) mass is 359 g/mol. The van der Waals surface area contributed by atoms with E-state index in [-0.39, 0.29) is 11.2 Å². The van der Waals surface area contributed by atoms with Gasteiger partial charge in [0.05, 0.1) is 5.25 Å². The molecule has 0 saturated heterocycles. The zero-order valence-corrected chi connectivity index (χ0v) is 15.6. The summed E-state index contributed by atoms with van der Waals surface area (Å²) in [6.07, 6.45) is 8.93. The fourth-order valence-corrected chi connectivity index (χ4v) is 4.21. The molecule has 0 radical (unpaired) electrons. The summed E-state index contributed by atoms with van der Waals surface area (Å²) in [5.74, 6) is 0.914. The highest BCUT2D eigenvalue weighted by Gasteiger charge is 2.25. The number of thioether (sulfide) groups is 1. The van der Waals surface area contributed by atoms with E-state index in [0.717, 1.165) is 42.4 Å². The lowest BCUT2D eigenvalue weighted by Gasteiger charge is -2.18. The number of pyridine rings is 1. The van der Waals surface area contributed by atoms with Crippen LogP contribution in [0.3, 0.4) is 0 Å². The molecule has 0 bridgehead atoms. The first-order valence-electron chi connectivity index (χ1n) is 9.03. The van der Waals surface area contributed by atoms with Crippen molar-refractivity contribution in [2.24, 2.45) is 0 Å². The molecule has 25 heavy (non-hydrogen) atoms. The molecule has 0 aromatic carbocycles. The van der Waals surface area contributed by atoms with Crippen molar-refractivity contribution in [2.45, 2.75) is 68.9 Å². The highest BCUT2D eigenvalue weighted by atomic mass is 32.2. The molecule has 0 aliphatic heterocycles. The lowest BCUT2D eigenvalue weighted by atomic mass is 10.2. The van der Waals surface area contributed by atoms with Crippen molar-refractivity contribution in [3.8, 4) is 11.4 Å². The molecule has 1 amide bonds. The quantitative estimate of drug-likeness (QED) is 0.768. The summed E-state index contributed by atoms with van der Waals surface area (Å²) in [5, 5.41) is 12.5. The zero-order valence-electron chi connectivity index (χ0n) is 14.8. The number of amides is 1. The second kappa shape index (κ2) is 8.47. The van der Waals surface area contributed by atoms with Crippen LogP contribution in [-0.4, -0.2) is 36.9 Å². The van der Waals surface area contributed by atoms with E-state index in [1.165, 1.54) is 24.6 Å². The first kappa shape index (κ1) is 17.9. The average Bonchev–Trinajstić information content (AvgIpc) is 3.29. The van der Waals surface area contributed by atoms with Gasteiger partial charge in [-0.15, -0.1) is 10.2 Å². The minimum atomic E-state index is -0.142. The smallest absolute Gasteiger partial charge is 0.233 e. The van der Waals surface area contributed by atoms with E-state index >= 15 is 0 Å². The third-order valence-electron chi connectivity index (χ3n) is 4.57. The van der Waals surface area contributed by atoms with E-state index < -0.39 is 0 Å².